The van der Waals surface area contributed by atoms with Crippen LogP contribution in [0.5, 0.6) is 5.75 Å². The Hall–Kier alpha value is -2.02. The van der Waals surface area contributed by atoms with Crippen molar-refractivity contribution in [1.29, 1.82) is 0 Å². The second-order valence-electron chi connectivity index (χ2n) is 6.02. The molecule has 1 N–H and O–H groups in total. The van der Waals surface area contributed by atoms with Gasteiger partial charge in [0, 0.05) is 30.9 Å². The molecule has 0 amide bonds. The van der Waals surface area contributed by atoms with Crippen LogP contribution >= 0.6 is 0 Å². The number of piperidine rings is 1. The Kier molecular flexibility index (Phi) is 5.08. The van der Waals surface area contributed by atoms with E-state index in [-0.39, 0.29) is 0 Å². The maximum atomic E-state index is 12.5. The van der Waals surface area contributed by atoms with E-state index in [1.807, 2.05) is 6.07 Å². The summed E-state index contributed by atoms with van der Waals surface area (Å²) in [5.41, 5.74) is 0.497. The number of benzene rings is 1. The lowest BCUT2D eigenvalue weighted by Crippen LogP contribution is -2.37. The van der Waals surface area contributed by atoms with E-state index in [1.54, 1.807) is 6.20 Å². The molecule has 1 aliphatic rings. The smallest absolute Gasteiger partial charge is 0.416 e. The van der Waals surface area contributed by atoms with Gasteiger partial charge in [0.15, 0.2) is 0 Å². The molecule has 0 aliphatic carbocycles. The van der Waals surface area contributed by atoms with Gasteiger partial charge in [-0.1, -0.05) is 0 Å². The first kappa shape index (κ1) is 16.8. The van der Waals surface area contributed by atoms with Crippen LogP contribution in [0, 0.1) is 0 Å². The molecule has 130 valence electrons. The topological polar surface area (TPSA) is 41.1 Å². The molecule has 1 aromatic heterocycles. The average molecular weight is 339 g/mol. The fourth-order valence-corrected chi connectivity index (χ4v) is 3.04. The summed E-state index contributed by atoms with van der Waals surface area (Å²) in [7, 11) is 0. The Balaban J connectivity index is 1.46. The summed E-state index contributed by atoms with van der Waals surface area (Å²) in [5.74, 6) is 0.914. The maximum Gasteiger partial charge on any atom is 0.416 e. The Labute approximate surface area is 138 Å². The van der Waals surface area contributed by atoms with Gasteiger partial charge in [-0.15, -0.1) is 0 Å². The molecule has 1 atom stereocenters. The first-order valence-corrected chi connectivity index (χ1v) is 8.04. The SMILES string of the molecule is FC(F)(F)c1ccc(OCCN2CCCC(c3ccn[nH]3)C2)cc1. The number of halogens is 3. The van der Waals surface area contributed by atoms with Gasteiger partial charge in [0.05, 0.1) is 5.56 Å². The Morgan fingerprint density at radius 1 is 1.21 bits per heavy atom. The van der Waals surface area contributed by atoms with E-state index in [2.05, 4.69) is 15.1 Å². The monoisotopic (exact) mass is 339 g/mol. The normalized spacial score (nSPS) is 19.4. The van der Waals surface area contributed by atoms with Crippen LogP contribution in [0.15, 0.2) is 36.5 Å². The third-order valence-electron chi connectivity index (χ3n) is 4.33. The zero-order chi connectivity index (χ0) is 17.0. The van der Waals surface area contributed by atoms with Crippen LogP contribution in [0.2, 0.25) is 0 Å². The first-order chi connectivity index (χ1) is 11.5. The molecule has 7 heteroatoms. The largest absolute Gasteiger partial charge is 0.492 e. The van der Waals surface area contributed by atoms with Crippen molar-refractivity contribution in [2.24, 2.45) is 0 Å². The van der Waals surface area contributed by atoms with Crippen molar-refractivity contribution >= 4 is 0 Å². The zero-order valence-electron chi connectivity index (χ0n) is 13.2. The molecule has 0 bridgehead atoms. The number of nitrogens with zero attached hydrogens (tertiary/aromatic N) is 2. The van der Waals surface area contributed by atoms with Crippen molar-refractivity contribution in [1.82, 2.24) is 15.1 Å². The summed E-state index contributed by atoms with van der Waals surface area (Å²) in [5, 5.41) is 7.03. The number of hydrogen-bond acceptors (Lipinski definition) is 3. The van der Waals surface area contributed by atoms with Gasteiger partial charge >= 0.3 is 6.18 Å². The predicted octanol–water partition coefficient (Wildman–Crippen LogP) is 3.69. The minimum Gasteiger partial charge on any atom is -0.492 e. The molecule has 2 heterocycles. The van der Waals surface area contributed by atoms with Crippen molar-refractivity contribution in [3.8, 4) is 5.75 Å². The van der Waals surface area contributed by atoms with E-state index in [0.717, 1.165) is 50.3 Å². The molecule has 0 radical (unpaired) electrons. The number of rotatable bonds is 5. The number of likely N-dealkylation sites (tertiary alicyclic amines) is 1. The summed E-state index contributed by atoms with van der Waals surface area (Å²) < 4.78 is 43.1. The van der Waals surface area contributed by atoms with Gasteiger partial charge in [-0.2, -0.15) is 18.3 Å². The first-order valence-electron chi connectivity index (χ1n) is 8.04. The lowest BCUT2D eigenvalue weighted by Gasteiger charge is -2.32. The third-order valence-corrected chi connectivity index (χ3v) is 4.33. The summed E-state index contributed by atoms with van der Waals surface area (Å²) in [6.45, 7) is 3.17. The average Bonchev–Trinajstić information content (AvgIpc) is 3.09. The fraction of sp³-hybridized carbons (Fsp3) is 0.471. The Bertz CT molecular complexity index is 626. The zero-order valence-corrected chi connectivity index (χ0v) is 13.2. The van der Waals surface area contributed by atoms with E-state index in [0.29, 0.717) is 18.3 Å². The van der Waals surface area contributed by atoms with Gasteiger partial charge in [0.25, 0.3) is 0 Å². The van der Waals surface area contributed by atoms with Crippen LogP contribution in [0.25, 0.3) is 0 Å². The predicted molar refractivity (Wildman–Crippen MR) is 83.9 cm³/mol. The molecule has 4 nitrogen and oxygen atoms in total. The number of alkyl halides is 3. The minimum absolute atomic E-state index is 0.451. The van der Waals surface area contributed by atoms with E-state index >= 15 is 0 Å². The van der Waals surface area contributed by atoms with Crippen LogP contribution in [0.3, 0.4) is 0 Å². The van der Waals surface area contributed by atoms with Crippen molar-refractivity contribution in [3.63, 3.8) is 0 Å². The van der Waals surface area contributed by atoms with E-state index < -0.39 is 11.7 Å². The third kappa shape index (κ3) is 4.29. The van der Waals surface area contributed by atoms with Crippen LogP contribution in [0.1, 0.15) is 30.0 Å². The van der Waals surface area contributed by atoms with Crippen LogP contribution < -0.4 is 4.74 Å². The van der Waals surface area contributed by atoms with Gasteiger partial charge in [0.2, 0.25) is 0 Å². The quantitative estimate of drug-likeness (QED) is 0.903. The molecule has 3 rings (SSSR count). The van der Waals surface area contributed by atoms with Crippen LogP contribution in [-0.4, -0.2) is 41.3 Å². The maximum absolute atomic E-state index is 12.5. The molecule has 2 aromatic rings. The van der Waals surface area contributed by atoms with E-state index in [9.17, 15) is 13.2 Å². The highest BCUT2D eigenvalue weighted by molar-refractivity contribution is 5.28. The van der Waals surface area contributed by atoms with E-state index in [4.69, 9.17) is 4.74 Å². The number of aromatic amines is 1. The number of ether oxygens (including phenoxy) is 1. The van der Waals surface area contributed by atoms with Gasteiger partial charge in [-0.25, -0.2) is 0 Å². The molecule has 1 aromatic carbocycles. The van der Waals surface area contributed by atoms with Crippen molar-refractivity contribution in [2.45, 2.75) is 24.9 Å². The number of nitrogens with one attached hydrogen (secondary N) is 1. The van der Waals surface area contributed by atoms with Crippen LogP contribution in [0.4, 0.5) is 13.2 Å². The molecule has 1 aliphatic heterocycles. The second-order valence-corrected chi connectivity index (χ2v) is 6.02. The minimum atomic E-state index is -4.31. The summed E-state index contributed by atoms with van der Waals surface area (Å²) >= 11 is 0. The van der Waals surface area contributed by atoms with Gasteiger partial charge in [-0.05, 0) is 49.7 Å². The molecular weight excluding hydrogens is 319 g/mol. The summed E-state index contributed by atoms with van der Waals surface area (Å²) in [4.78, 5) is 2.32. The van der Waals surface area contributed by atoms with Gasteiger partial charge < -0.3 is 4.74 Å². The van der Waals surface area contributed by atoms with E-state index in [1.165, 1.54) is 12.1 Å². The molecule has 1 saturated heterocycles. The molecule has 1 unspecified atom stereocenters. The molecule has 0 spiro atoms. The standard InChI is InChI=1S/C17H20F3N3O/c18-17(19,20)14-3-5-15(6-4-14)24-11-10-23-9-1-2-13(12-23)16-7-8-21-22-16/h3-8,13H,1-2,9-12H2,(H,21,22). The van der Waals surface area contributed by atoms with Crippen molar-refractivity contribution in [2.75, 3.05) is 26.2 Å². The van der Waals surface area contributed by atoms with Crippen LogP contribution in [-0.2, 0) is 6.18 Å². The lowest BCUT2D eigenvalue weighted by atomic mass is 9.95. The van der Waals surface area contributed by atoms with Crippen molar-refractivity contribution in [3.05, 3.63) is 47.8 Å². The Morgan fingerprint density at radius 2 is 2.00 bits per heavy atom. The summed E-state index contributed by atoms with van der Waals surface area (Å²) in [6, 6.07) is 6.83. The van der Waals surface area contributed by atoms with Crippen molar-refractivity contribution < 1.29 is 17.9 Å². The number of H-pyrrole nitrogens is 1. The molecule has 0 saturated carbocycles. The highest BCUT2D eigenvalue weighted by Crippen LogP contribution is 2.30. The fourth-order valence-electron chi connectivity index (χ4n) is 3.04. The van der Waals surface area contributed by atoms with Gasteiger partial charge in [0.1, 0.15) is 12.4 Å². The number of hydrogen-bond donors (Lipinski definition) is 1. The highest BCUT2D eigenvalue weighted by atomic mass is 19.4. The number of aromatic nitrogens is 2. The Morgan fingerprint density at radius 3 is 2.67 bits per heavy atom. The summed E-state index contributed by atoms with van der Waals surface area (Å²) in [6.07, 6.45) is -0.293. The molecular formula is C17H20F3N3O. The molecule has 1 fully saturated rings. The van der Waals surface area contributed by atoms with Gasteiger partial charge in [-0.3, -0.25) is 10.00 Å². The highest BCUT2D eigenvalue weighted by Gasteiger charge is 2.30. The molecule has 24 heavy (non-hydrogen) atoms. The second kappa shape index (κ2) is 7.25. The lowest BCUT2D eigenvalue weighted by molar-refractivity contribution is -0.137.